The topological polar surface area (TPSA) is 64.7 Å². The molecule has 0 spiro atoms. The maximum atomic E-state index is 11.9. The zero-order valence-electron chi connectivity index (χ0n) is 13.8. The molecule has 1 aliphatic rings. The highest BCUT2D eigenvalue weighted by atomic mass is 32.2. The van der Waals surface area contributed by atoms with E-state index in [1.807, 2.05) is 0 Å². The molecule has 0 aromatic heterocycles. The van der Waals surface area contributed by atoms with E-state index in [-0.39, 0.29) is 5.75 Å². The summed E-state index contributed by atoms with van der Waals surface area (Å²) < 4.78 is 26.5. The smallest absolute Gasteiger partial charge is 0.212 e. The van der Waals surface area contributed by atoms with Gasteiger partial charge in [0.15, 0.2) is 0 Å². The van der Waals surface area contributed by atoms with Crippen molar-refractivity contribution in [1.29, 1.82) is 0 Å². The normalized spacial score (nSPS) is 17.8. The van der Waals surface area contributed by atoms with Crippen LogP contribution in [0, 0.1) is 0 Å². The standard InChI is InChI=1S/C14H32N4O2S/c1-14(2)17(3)9-5-4-6-16-21(19,20)13-12-18-10-7-15-8-11-18/h14-16H,4-13H2,1-3H3. The maximum Gasteiger partial charge on any atom is 0.212 e. The Kier molecular flexibility index (Phi) is 8.73. The molecule has 0 saturated carbocycles. The minimum atomic E-state index is -3.12. The van der Waals surface area contributed by atoms with Gasteiger partial charge in [0.25, 0.3) is 0 Å². The summed E-state index contributed by atoms with van der Waals surface area (Å²) in [6.45, 7) is 10.3. The van der Waals surface area contributed by atoms with Crippen LogP contribution in [0.5, 0.6) is 0 Å². The molecule has 0 aliphatic carbocycles. The zero-order valence-corrected chi connectivity index (χ0v) is 14.6. The van der Waals surface area contributed by atoms with E-state index in [9.17, 15) is 8.42 Å². The number of hydrogen-bond acceptors (Lipinski definition) is 5. The van der Waals surface area contributed by atoms with E-state index >= 15 is 0 Å². The first-order valence-electron chi connectivity index (χ1n) is 8.01. The van der Waals surface area contributed by atoms with E-state index in [2.05, 4.69) is 40.7 Å². The van der Waals surface area contributed by atoms with E-state index in [0.29, 0.717) is 19.1 Å². The molecule has 1 aliphatic heterocycles. The van der Waals surface area contributed by atoms with Gasteiger partial charge in [0.05, 0.1) is 5.75 Å². The summed E-state index contributed by atoms with van der Waals surface area (Å²) in [4.78, 5) is 4.48. The van der Waals surface area contributed by atoms with Gasteiger partial charge >= 0.3 is 0 Å². The van der Waals surface area contributed by atoms with Gasteiger partial charge in [-0.25, -0.2) is 13.1 Å². The van der Waals surface area contributed by atoms with Crippen LogP contribution in [0.1, 0.15) is 26.7 Å². The lowest BCUT2D eigenvalue weighted by Gasteiger charge is -2.26. The van der Waals surface area contributed by atoms with E-state index in [1.165, 1.54) is 0 Å². The molecule has 126 valence electrons. The van der Waals surface area contributed by atoms with Crippen molar-refractivity contribution in [3.63, 3.8) is 0 Å². The van der Waals surface area contributed by atoms with Gasteiger partial charge in [-0.3, -0.25) is 4.90 Å². The van der Waals surface area contributed by atoms with Crippen molar-refractivity contribution in [3.8, 4) is 0 Å². The first-order valence-corrected chi connectivity index (χ1v) is 9.66. The second kappa shape index (κ2) is 9.74. The molecule has 1 heterocycles. The van der Waals surface area contributed by atoms with Crippen molar-refractivity contribution in [3.05, 3.63) is 0 Å². The number of hydrogen-bond donors (Lipinski definition) is 2. The van der Waals surface area contributed by atoms with Crippen LogP contribution in [0.15, 0.2) is 0 Å². The van der Waals surface area contributed by atoms with Crippen LogP contribution in [-0.2, 0) is 10.0 Å². The van der Waals surface area contributed by atoms with Crippen LogP contribution < -0.4 is 10.0 Å². The zero-order chi connectivity index (χ0) is 15.7. The fourth-order valence-electron chi connectivity index (χ4n) is 2.23. The third-order valence-corrected chi connectivity index (χ3v) is 5.39. The minimum absolute atomic E-state index is 0.207. The Morgan fingerprint density at radius 1 is 1.24 bits per heavy atom. The number of piperazine rings is 1. The van der Waals surface area contributed by atoms with E-state index in [0.717, 1.165) is 45.6 Å². The lowest BCUT2D eigenvalue weighted by molar-refractivity contribution is 0.253. The van der Waals surface area contributed by atoms with Crippen molar-refractivity contribution in [2.75, 3.05) is 58.6 Å². The van der Waals surface area contributed by atoms with Crippen molar-refractivity contribution >= 4 is 10.0 Å². The van der Waals surface area contributed by atoms with Gasteiger partial charge in [0.1, 0.15) is 0 Å². The SMILES string of the molecule is CC(C)N(C)CCCCNS(=O)(=O)CCN1CCNCC1. The van der Waals surface area contributed by atoms with Crippen molar-refractivity contribution < 1.29 is 8.42 Å². The van der Waals surface area contributed by atoms with Gasteiger partial charge in [-0.2, -0.15) is 0 Å². The molecule has 21 heavy (non-hydrogen) atoms. The number of nitrogens with one attached hydrogen (secondary N) is 2. The number of sulfonamides is 1. The Hall–Kier alpha value is -0.210. The molecule has 2 N–H and O–H groups in total. The number of rotatable bonds is 10. The monoisotopic (exact) mass is 320 g/mol. The Morgan fingerprint density at radius 2 is 1.90 bits per heavy atom. The molecule has 0 unspecified atom stereocenters. The van der Waals surface area contributed by atoms with Crippen LogP contribution in [0.4, 0.5) is 0 Å². The van der Waals surface area contributed by atoms with Gasteiger partial charge in [0.2, 0.25) is 10.0 Å². The van der Waals surface area contributed by atoms with Crippen LogP contribution in [0.3, 0.4) is 0 Å². The largest absolute Gasteiger partial charge is 0.314 e. The first-order chi connectivity index (χ1) is 9.91. The van der Waals surface area contributed by atoms with E-state index in [1.54, 1.807) is 0 Å². The van der Waals surface area contributed by atoms with Crippen molar-refractivity contribution in [1.82, 2.24) is 19.8 Å². The molecular formula is C14H32N4O2S. The fraction of sp³-hybridized carbons (Fsp3) is 1.00. The molecule has 7 heteroatoms. The average molecular weight is 321 g/mol. The second-order valence-electron chi connectivity index (χ2n) is 6.09. The Morgan fingerprint density at radius 3 is 2.52 bits per heavy atom. The highest BCUT2D eigenvalue weighted by molar-refractivity contribution is 7.89. The molecule has 6 nitrogen and oxygen atoms in total. The molecule has 0 atom stereocenters. The summed E-state index contributed by atoms with van der Waals surface area (Å²) >= 11 is 0. The summed E-state index contributed by atoms with van der Waals surface area (Å²) in [6, 6.07) is 0.542. The molecular weight excluding hydrogens is 288 g/mol. The van der Waals surface area contributed by atoms with Crippen LogP contribution in [0.2, 0.25) is 0 Å². The maximum absolute atomic E-state index is 11.9. The molecule has 1 rings (SSSR count). The van der Waals surface area contributed by atoms with Crippen LogP contribution in [-0.4, -0.2) is 82.9 Å². The number of nitrogens with zero attached hydrogens (tertiary/aromatic N) is 2. The molecule has 0 radical (unpaired) electrons. The lowest BCUT2D eigenvalue weighted by Crippen LogP contribution is -2.46. The molecule has 0 aromatic rings. The summed E-state index contributed by atoms with van der Waals surface area (Å²) in [5.41, 5.74) is 0. The van der Waals surface area contributed by atoms with Gasteiger partial charge in [-0.1, -0.05) is 0 Å². The molecule has 0 aromatic carbocycles. The molecule has 1 fully saturated rings. The second-order valence-corrected chi connectivity index (χ2v) is 8.01. The van der Waals surface area contributed by atoms with Crippen LogP contribution in [0.25, 0.3) is 0 Å². The van der Waals surface area contributed by atoms with E-state index in [4.69, 9.17) is 0 Å². The summed E-state index contributed by atoms with van der Waals surface area (Å²) in [7, 11) is -1.02. The summed E-state index contributed by atoms with van der Waals surface area (Å²) in [5.74, 6) is 0.207. The predicted octanol–water partition coefficient (Wildman–Crippen LogP) is -0.0686. The molecule has 0 bridgehead atoms. The van der Waals surface area contributed by atoms with Crippen LogP contribution >= 0.6 is 0 Å². The van der Waals surface area contributed by atoms with Crippen molar-refractivity contribution in [2.24, 2.45) is 0 Å². The Labute approximate surface area is 130 Å². The Bertz CT molecular complexity index is 367. The number of unbranched alkanes of at least 4 members (excludes halogenated alkanes) is 1. The highest BCUT2D eigenvalue weighted by Gasteiger charge is 2.14. The van der Waals surface area contributed by atoms with E-state index < -0.39 is 10.0 Å². The molecule has 0 amide bonds. The van der Waals surface area contributed by atoms with Gasteiger partial charge in [-0.05, 0) is 40.3 Å². The molecule has 1 saturated heterocycles. The Balaban J connectivity index is 2.09. The third kappa shape index (κ3) is 8.73. The fourth-order valence-corrected chi connectivity index (χ4v) is 3.33. The minimum Gasteiger partial charge on any atom is -0.314 e. The average Bonchev–Trinajstić information content (AvgIpc) is 2.45. The van der Waals surface area contributed by atoms with Gasteiger partial charge < -0.3 is 10.2 Å². The first kappa shape index (κ1) is 18.8. The summed E-state index contributed by atoms with van der Waals surface area (Å²) in [6.07, 6.45) is 1.92. The lowest BCUT2D eigenvalue weighted by atomic mass is 10.2. The predicted molar refractivity (Wildman–Crippen MR) is 88.1 cm³/mol. The summed E-state index contributed by atoms with van der Waals surface area (Å²) in [5, 5.41) is 3.27. The quantitative estimate of drug-likeness (QED) is 0.552. The van der Waals surface area contributed by atoms with Gasteiger partial charge in [0, 0.05) is 45.3 Å². The van der Waals surface area contributed by atoms with Crippen molar-refractivity contribution in [2.45, 2.75) is 32.7 Å². The van der Waals surface area contributed by atoms with Gasteiger partial charge in [-0.15, -0.1) is 0 Å². The third-order valence-electron chi connectivity index (χ3n) is 4.03. The highest BCUT2D eigenvalue weighted by Crippen LogP contribution is 1.98.